The van der Waals surface area contributed by atoms with Crippen LogP contribution in [0.15, 0.2) is 0 Å². The first-order chi connectivity index (χ1) is 5.70. The van der Waals surface area contributed by atoms with Crippen LogP contribution in [0, 0.1) is 5.92 Å². The maximum atomic E-state index is 10.8. The van der Waals surface area contributed by atoms with Gasteiger partial charge in [-0.2, -0.15) is 0 Å². The number of likely N-dealkylation sites (tertiary alicyclic amines) is 1. The van der Waals surface area contributed by atoms with Gasteiger partial charge in [-0.25, -0.2) is 0 Å². The van der Waals surface area contributed by atoms with Crippen molar-refractivity contribution in [3.63, 3.8) is 0 Å². The zero-order valence-corrected chi connectivity index (χ0v) is 7.36. The van der Waals surface area contributed by atoms with Crippen LogP contribution < -0.4 is 0 Å². The Balaban J connectivity index is 2.10. The second-order valence-electron chi connectivity index (χ2n) is 4.01. The van der Waals surface area contributed by atoms with E-state index < -0.39 is 5.97 Å². The average molecular weight is 169 g/mol. The zero-order chi connectivity index (χ0) is 8.72. The molecule has 0 spiro atoms. The summed E-state index contributed by atoms with van der Waals surface area (Å²) in [5.41, 5.74) is 0. The van der Waals surface area contributed by atoms with Crippen molar-refractivity contribution in [1.82, 2.24) is 4.90 Å². The fourth-order valence-electron chi connectivity index (χ4n) is 2.79. The van der Waals surface area contributed by atoms with E-state index in [0.717, 1.165) is 6.42 Å². The number of carboxylic acid groups (broad SMARTS) is 1. The monoisotopic (exact) mass is 169 g/mol. The summed E-state index contributed by atoms with van der Waals surface area (Å²) in [7, 11) is 1.95. The van der Waals surface area contributed by atoms with Crippen LogP contribution in [-0.2, 0) is 4.79 Å². The van der Waals surface area contributed by atoms with Crippen LogP contribution in [0.5, 0.6) is 0 Å². The highest BCUT2D eigenvalue weighted by Gasteiger charge is 2.44. The molecule has 2 aliphatic rings. The van der Waals surface area contributed by atoms with E-state index in [4.69, 9.17) is 5.11 Å². The molecule has 1 saturated carbocycles. The minimum Gasteiger partial charge on any atom is -0.480 e. The number of hydrogen-bond acceptors (Lipinski definition) is 2. The van der Waals surface area contributed by atoms with E-state index in [2.05, 4.69) is 4.90 Å². The highest BCUT2D eigenvalue weighted by molar-refractivity contribution is 5.74. The SMILES string of the molecule is CN1C(C(=O)O)C[C@H]2CCC[C@H]21. The molecule has 1 saturated heterocycles. The molecule has 0 aromatic rings. The lowest BCUT2D eigenvalue weighted by molar-refractivity contribution is -0.142. The van der Waals surface area contributed by atoms with Gasteiger partial charge in [0.1, 0.15) is 6.04 Å². The molecule has 2 rings (SSSR count). The quantitative estimate of drug-likeness (QED) is 0.635. The summed E-state index contributed by atoms with van der Waals surface area (Å²) in [4.78, 5) is 12.9. The molecule has 0 aromatic heterocycles. The molecule has 3 nitrogen and oxygen atoms in total. The van der Waals surface area contributed by atoms with E-state index >= 15 is 0 Å². The molecule has 0 bridgehead atoms. The van der Waals surface area contributed by atoms with Gasteiger partial charge in [-0.3, -0.25) is 9.69 Å². The molecule has 1 aliphatic carbocycles. The summed E-state index contributed by atoms with van der Waals surface area (Å²) in [6, 6.07) is 0.353. The standard InChI is InChI=1S/C9H15NO2/c1-10-7-4-2-3-6(7)5-8(10)9(11)12/h6-8H,2-5H2,1H3,(H,11,12)/t6-,7-,8?/m1/s1. The molecule has 0 aromatic carbocycles. The smallest absolute Gasteiger partial charge is 0.320 e. The van der Waals surface area contributed by atoms with Gasteiger partial charge in [0, 0.05) is 6.04 Å². The van der Waals surface area contributed by atoms with E-state index in [-0.39, 0.29) is 6.04 Å². The number of fused-ring (bicyclic) bond motifs is 1. The minimum atomic E-state index is -0.646. The second kappa shape index (κ2) is 2.73. The van der Waals surface area contributed by atoms with Crippen LogP contribution in [0.3, 0.4) is 0 Å². The Morgan fingerprint density at radius 1 is 1.50 bits per heavy atom. The van der Waals surface area contributed by atoms with Crippen molar-refractivity contribution >= 4 is 5.97 Å². The van der Waals surface area contributed by atoms with Gasteiger partial charge in [0.05, 0.1) is 0 Å². The molecule has 2 fully saturated rings. The Bertz CT molecular complexity index is 205. The molecule has 68 valence electrons. The summed E-state index contributed by atoms with van der Waals surface area (Å²) in [5, 5.41) is 8.90. The number of likely N-dealkylation sites (N-methyl/N-ethyl adjacent to an activating group) is 1. The molecule has 0 amide bonds. The first-order valence-corrected chi connectivity index (χ1v) is 4.65. The van der Waals surface area contributed by atoms with Gasteiger partial charge >= 0.3 is 5.97 Å². The number of carbonyl (C=O) groups is 1. The number of hydrogen-bond donors (Lipinski definition) is 1. The Hall–Kier alpha value is -0.570. The molecule has 1 unspecified atom stereocenters. The third kappa shape index (κ3) is 1.04. The first-order valence-electron chi connectivity index (χ1n) is 4.65. The van der Waals surface area contributed by atoms with Gasteiger partial charge in [0.15, 0.2) is 0 Å². The molecule has 12 heavy (non-hydrogen) atoms. The lowest BCUT2D eigenvalue weighted by Crippen LogP contribution is -2.37. The summed E-state index contributed by atoms with van der Waals surface area (Å²) in [6.45, 7) is 0. The van der Waals surface area contributed by atoms with Crippen molar-refractivity contribution < 1.29 is 9.90 Å². The van der Waals surface area contributed by atoms with E-state index in [9.17, 15) is 4.79 Å². The number of carboxylic acids is 1. The Morgan fingerprint density at radius 2 is 2.25 bits per heavy atom. The minimum absolute atomic E-state index is 0.208. The van der Waals surface area contributed by atoms with Gasteiger partial charge in [-0.05, 0) is 32.2 Å². The lowest BCUT2D eigenvalue weighted by atomic mass is 10.0. The van der Waals surface area contributed by atoms with E-state index in [1.165, 1.54) is 19.3 Å². The zero-order valence-electron chi connectivity index (χ0n) is 7.36. The van der Waals surface area contributed by atoms with E-state index in [1.807, 2.05) is 7.05 Å². The molecular formula is C9H15NO2. The van der Waals surface area contributed by atoms with Gasteiger partial charge in [0.25, 0.3) is 0 Å². The van der Waals surface area contributed by atoms with Gasteiger partial charge in [0.2, 0.25) is 0 Å². The van der Waals surface area contributed by atoms with E-state index in [0.29, 0.717) is 12.0 Å². The van der Waals surface area contributed by atoms with Gasteiger partial charge < -0.3 is 5.11 Å². The molecule has 3 heteroatoms. The topological polar surface area (TPSA) is 40.5 Å². The van der Waals surface area contributed by atoms with Gasteiger partial charge in [-0.1, -0.05) is 6.42 Å². The molecule has 1 heterocycles. The molecule has 1 N–H and O–H groups in total. The second-order valence-corrected chi connectivity index (χ2v) is 4.01. The normalized spacial score (nSPS) is 41.6. The fraction of sp³-hybridized carbons (Fsp3) is 0.889. The Kier molecular flexibility index (Phi) is 1.83. The van der Waals surface area contributed by atoms with Crippen molar-refractivity contribution in [2.75, 3.05) is 7.05 Å². The largest absolute Gasteiger partial charge is 0.480 e. The van der Waals surface area contributed by atoms with Crippen molar-refractivity contribution in [1.29, 1.82) is 0 Å². The molecule has 0 radical (unpaired) electrons. The van der Waals surface area contributed by atoms with Crippen molar-refractivity contribution in [3.8, 4) is 0 Å². The van der Waals surface area contributed by atoms with Crippen molar-refractivity contribution in [2.45, 2.75) is 37.8 Å². The predicted molar refractivity (Wildman–Crippen MR) is 44.9 cm³/mol. The predicted octanol–water partition coefficient (Wildman–Crippen LogP) is 0.944. The summed E-state index contributed by atoms with van der Waals surface area (Å²) in [6.07, 6.45) is 4.59. The first kappa shape index (κ1) is 8.05. The van der Waals surface area contributed by atoms with Crippen molar-refractivity contribution in [3.05, 3.63) is 0 Å². The number of nitrogens with zero attached hydrogens (tertiary/aromatic N) is 1. The van der Waals surface area contributed by atoms with Crippen LogP contribution in [0.1, 0.15) is 25.7 Å². The van der Waals surface area contributed by atoms with Gasteiger partial charge in [-0.15, -0.1) is 0 Å². The van der Waals surface area contributed by atoms with Crippen LogP contribution >= 0.6 is 0 Å². The summed E-state index contributed by atoms with van der Waals surface area (Å²) in [5.74, 6) is 0.0167. The molecular weight excluding hydrogens is 154 g/mol. The highest BCUT2D eigenvalue weighted by atomic mass is 16.4. The Morgan fingerprint density at radius 3 is 2.83 bits per heavy atom. The molecule has 1 aliphatic heterocycles. The third-order valence-corrected chi connectivity index (χ3v) is 3.44. The maximum Gasteiger partial charge on any atom is 0.320 e. The van der Waals surface area contributed by atoms with Crippen molar-refractivity contribution in [2.24, 2.45) is 5.92 Å². The summed E-state index contributed by atoms with van der Waals surface area (Å²) < 4.78 is 0. The third-order valence-electron chi connectivity index (χ3n) is 3.44. The summed E-state index contributed by atoms with van der Waals surface area (Å²) >= 11 is 0. The van der Waals surface area contributed by atoms with Crippen LogP contribution in [0.4, 0.5) is 0 Å². The molecule has 3 atom stereocenters. The fourth-order valence-corrected chi connectivity index (χ4v) is 2.79. The number of rotatable bonds is 1. The van der Waals surface area contributed by atoms with Crippen LogP contribution in [0.25, 0.3) is 0 Å². The highest BCUT2D eigenvalue weighted by Crippen LogP contribution is 2.39. The van der Waals surface area contributed by atoms with Crippen LogP contribution in [0.2, 0.25) is 0 Å². The van der Waals surface area contributed by atoms with E-state index in [1.54, 1.807) is 0 Å². The number of aliphatic carboxylic acids is 1. The lowest BCUT2D eigenvalue weighted by Gasteiger charge is -2.21. The maximum absolute atomic E-state index is 10.8. The van der Waals surface area contributed by atoms with Crippen LogP contribution in [-0.4, -0.2) is 35.1 Å². The Labute approximate surface area is 72.4 Å². The average Bonchev–Trinajstić information content (AvgIpc) is 2.53.